The number of sulfone groups is 1. The predicted molar refractivity (Wildman–Crippen MR) is 115 cm³/mol. The summed E-state index contributed by atoms with van der Waals surface area (Å²) < 4.78 is 26.4. The van der Waals surface area contributed by atoms with Gasteiger partial charge in [0, 0.05) is 10.6 Å². The van der Waals surface area contributed by atoms with Gasteiger partial charge >= 0.3 is 0 Å². The maximum absolute atomic E-state index is 13.3. The molecule has 3 aromatic rings. The van der Waals surface area contributed by atoms with Gasteiger partial charge in [-0.15, -0.1) is 5.10 Å². The number of hydrogen-bond donors (Lipinski definition) is 2. The second kappa shape index (κ2) is 8.67. The van der Waals surface area contributed by atoms with E-state index in [0.717, 1.165) is 0 Å². The van der Waals surface area contributed by atoms with Crippen molar-refractivity contribution in [2.45, 2.75) is 35.3 Å². The number of nitrogens with one attached hydrogen (secondary N) is 2. The fourth-order valence-electron chi connectivity index (χ4n) is 3.75. The smallest absolute Gasteiger partial charge is 0.269 e. The molecule has 10 nitrogen and oxygen atoms in total. The Morgan fingerprint density at radius 2 is 1.62 bits per heavy atom. The molecule has 1 fully saturated rings. The largest absolute Gasteiger partial charge is 0.271 e. The Hall–Kier alpha value is -3.31. The molecule has 0 spiro atoms. The highest BCUT2D eigenvalue weighted by Gasteiger charge is 2.53. The van der Waals surface area contributed by atoms with Crippen molar-refractivity contribution in [1.29, 1.82) is 0 Å². The van der Waals surface area contributed by atoms with Crippen molar-refractivity contribution in [2.75, 3.05) is 0 Å². The minimum absolute atomic E-state index is 0.0171. The van der Waals surface area contributed by atoms with Crippen molar-refractivity contribution in [3.63, 3.8) is 0 Å². The molecule has 0 atom stereocenters. The Balaban J connectivity index is 1.49. The van der Waals surface area contributed by atoms with Gasteiger partial charge in [-0.2, -0.15) is 0 Å². The molecule has 2 amide bonds. The number of rotatable bonds is 5. The number of halogens is 1. The number of nitrogens with zero attached hydrogens (tertiary/aromatic N) is 4. The van der Waals surface area contributed by atoms with E-state index >= 15 is 0 Å². The van der Waals surface area contributed by atoms with E-state index in [1.807, 2.05) is 0 Å². The van der Waals surface area contributed by atoms with E-state index in [1.165, 1.54) is 47.4 Å². The SMILES string of the molecule is O=C(NNC(=O)C1(S(=O)(=O)c2ccc(Cl)cc2)CCCC1)c1ccc(-n2cnnn2)cc1. The quantitative estimate of drug-likeness (QED) is 0.538. The third kappa shape index (κ3) is 3.96. The summed E-state index contributed by atoms with van der Waals surface area (Å²) >= 11 is 5.87. The van der Waals surface area contributed by atoms with Crippen molar-refractivity contribution in [3.05, 3.63) is 65.4 Å². The van der Waals surface area contributed by atoms with Gasteiger partial charge in [-0.1, -0.05) is 24.4 Å². The normalized spacial score (nSPS) is 15.3. The first-order chi connectivity index (χ1) is 15.3. The number of tetrazole rings is 1. The summed E-state index contributed by atoms with van der Waals surface area (Å²) in [4.78, 5) is 25.5. The van der Waals surface area contributed by atoms with Crippen molar-refractivity contribution >= 4 is 33.3 Å². The van der Waals surface area contributed by atoms with Gasteiger partial charge < -0.3 is 0 Å². The number of amides is 2. The van der Waals surface area contributed by atoms with Crippen LogP contribution in [0, 0.1) is 0 Å². The molecule has 0 unspecified atom stereocenters. The lowest BCUT2D eigenvalue weighted by Gasteiger charge is -2.27. The average molecular weight is 475 g/mol. The van der Waals surface area contributed by atoms with Crippen LogP contribution in [0.3, 0.4) is 0 Å². The standard InChI is InChI=1S/C20H19ClN6O4S/c21-15-5-9-17(10-6-15)32(30,31)20(11-1-2-12-20)19(29)24-23-18(28)14-3-7-16(8-4-14)27-13-22-25-26-27/h3-10,13H,1-2,11-12H2,(H,23,28)(H,24,29). The predicted octanol–water partition coefficient (Wildman–Crippen LogP) is 1.86. The summed E-state index contributed by atoms with van der Waals surface area (Å²) in [6.07, 6.45) is 2.93. The molecular weight excluding hydrogens is 456 g/mol. The van der Waals surface area contributed by atoms with Gasteiger partial charge in [0.2, 0.25) is 0 Å². The molecule has 1 aromatic heterocycles. The van der Waals surface area contributed by atoms with Crippen LogP contribution in [0.2, 0.25) is 5.02 Å². The zero-order valence-corrected chi connectivity index (χ0v) is 18.3. The third-order valence-corrected chi connectivity index (χ3v) is 8.26. The fourth-order valence-corrected chi connectivity index (χ4v) is 5.94. The number of carbonyl (C=O) groups excluding carboxylic acids is 2. The van der Waals surface area contributed by atoms with Crippen LogP contribution in [0.25, 0.3) is 5.69 Å². The summed E-state index contributed by atoms with van der Waals surface area (Å²) in [5.74, 6) is -1.35. The van der Waals surface area contributed by atoms with Crippen LogP contribution >= 0.6 is 11.6 Å². The van der Waals surface area contributed by atoms with Gasteiger partial charge in [-0.3, -0.25) is 20.4 Å². The molecule has 32 heavy (non-hydrogen) atoms. The van der Waals surface area contributed by atoms with Crippen molar-refractivity contribution in [1.82, 2.24) is 31.1 Å². The van der Waals surface area contributed by atoms with Crippen molar-refractivity contribution in [3.8, 4) is 5.69 Å². The number of hydrazine groups is 1. The lowest BCUT2D eigenvalue weighted by molar-refractivity contribution is -0.124. The van der Waals surface area contributed by atoms with E-state index in [2.05, 4.69) is 26.4 Å². The van der Waals surface area contributed by atoms with Crippen LogP contribution in [0.5, 0.6) is 0 Å². The van der Waals surface area contributed by atoms with E-state index in [4.69, 9.17) is 11.6 Å². The Labute approximate surface area is 188 Å². The summed E-state index contributed by atoms with van der Waals surface area (Å²) in [6.45, 7) is 0. The van der Waals surface area contributed by atoms with Crippen molar-refractivity contribution in [2.24, 2.45) is 0 Å². The monoisotopic (exact) mass is 474 g/mol. The van der Waals surface area contributed by atoms with Gasteiger partial charge in [0.1, 0.15) is 6.33 Å². The minimum atomic E-state index is -4.00. The molecule has 0 saturated heterocycles. The Morgan fingerprint density at radius 1 is 0.969 bits per heavy atom. The van der Waals surface area contributed by atoms with E-state index in [0.29, 0.717) is 23.6 Å². The number of carbonyl (C=O) groups is 2. The fraction of sp³-hybridized carbons (Fsp3) is 0.250. The molecule has 1 saturated carbocycles. The number of hydrogen-bond acceptors (Lipinski definition) is 7. The maximum atomic E-state index is 13.3. The van der Waals surface area contributed by atoms with Gasteiger partial charge in [-0.05, 0) is 71.8 Å². The number of aromatic nitrogens is 4. The van der Waals surface area contributed by atoms with Crippen LogP contribution in [0.4, 0.5) is 0 Å². The molecule has 2 N–H and O–H groups in total. The second-order valence-corrected chi connectivity index (χ2v) is 10.1. The van der Waals surface area contributed by atoms with Crippen molar-refractivity contribution < 1.29 is 18.0 Å². The van der Waals surface area contributed by atoms with E-state index in [9.17, 15) is 18.0 Å². The summed E-state index contributed by atoms with van der Waals surface area (Å²) in [7, 11) is -4.00. The van der Waals surface area contributed by atoms with E-state index in [1.54, 1.807) is 12.1 Å². The van der Waals surface area contributed by atoms with Crippen LogP contribution in [-0.4, -0.2) is 45.2 Å². The minimum Gasteiger partial charge on any atom is -0.271 e. The molecule has 0 radical (unpaired) electrons. The molecule has 1 aliphatic rings. The molecular formula is C20H19ClN6O4S. The summed E-state index contributed by atoms with van der Waals surface area (Å²) in [5, 5.41) is 11.2. The van der Waals surface area contributed by atoms with Gasteiger partial charge in [-0.25, -0.2) is 13.1 Å². The van der Waals surface area contributed by atoms with Crippen LogP contribution < -0.4 is 10.9 Å². The topological polar surface area (TPSA) is 136 Å². The molecule has 2 aromatic carbocycles. The molecule has 166 valence electrons. The van der Waals surface area contributed by atoms with Crippen LogP contribution in [0.1, 0.15) is 36.0 Å². The number of benzene rings is 2. The van der Waals surface area contributed by atoms with Crippen LogP contribution in [-0.2, 0) is 14.6 Å². The van der Waals surface area contributed by atoms with Gasteiger partial charge in [0.05, 0.1) is 10.6 Å². The Bertz CT molecular complexity index is 1220. The Morgan fingerprint density at radius 3 is 2.22 bits per heavy atom. The lowest BCUT2D eigenvalue weighted by atomic mass is 10.1. The lowest BCUT2D eigenvalue weighted by Crippen LogP contribution is -2.55. The molecule has 12 heteroatoms. The van der Waals surface area contributed by atoms with Gasteiger partial charge in [0.25, 0.3) is 11.8 Å². The maximum Gasteiger partial charge on any atom is 0.269 e. The molecule has 0 bridgehead atoms. The van der Waals surface area contributed by atoms with E-state index in [-0.39, 0.29) is 23.3 Å². The third-order valence-electron chi connectivity index (χ3n) is 5.50. The molecule has 1 heterocycles. The molecule has 1 aliphatic carbocycles. The highest BCUT2D eigenvalue weighted by atomic mass is 35.5. The van der Waals surface area contributed by atoms with Crippen LogP contribution in [0.15, 0.2) is 59.8 Å². The first-order valence-corrected chi connectivity index (χ1v) is 11.6. The average Bonchev–Trinajstić information content (AvgIpc) is 3.51. The molecule has 0 aliphatic heterocycles. The molecule has 4 rings (SSSR count). The zero-order chi connectivity index (χ0) is 22.8. The highest BCUT2D eigenvalue weighted by molar-refractivity contribution is 7.93. The van der Waals surface area contributed by atoms with E-state index < -0.39 is 26.4 Å². The zero-order valence-electron chi connectivity index (χ0n) is 16.7. The van der Waals surface area contributed by atoms with Gasteiger partial charge in [0.15, 0.2) is 14.6 Å². The first-order valence-electron chi connectivity index (χ1n) is 9.78. The Kier molecular flexibility index (Phi) is 5.94. The summed E-state index contributed by atoms with van der Waals surface area (Å²) in [5.41, 5.74) is 5.54. The second-order valence-electron chi connectivity index (χ2n) is 7.37. The summed E-state index contributed by atoms with van der Waals surface area (Å²) in [6, 6.07) is 12.0. The first kappa shape index (κ1) is 21.9. The highest BCUT2D eigenvalue weighted by Crippen LogP contribution is 2.40.